The van der Waals surface area contributed by atoms with E-state index in [9.17, 15) is 21.6 Å². The first-order valence-electron chi connectivity index (χ1n) is 12.2. The Morgan fingerprint density at radius 2 is 1.87 bits per heavy atom. The van der Waals surface area contributed by atoms with Gasteiger partial charge in [-0.1, -0.05) is 24.8 Å². The topological polar surface area (TPSA) is 93.6 Å². The van der Waals surface area contributed by atoms with E-state index in [1.54, 1.807) is 26.0 Å². The van der Waals surface area contributed by atoms with Gasteiger partial charge in [0.05, 0.1) is 47.5 Å². The Morgan fingerprint density at radius 3 is 2.53 bits per heavy atom. The Hall–Kier alpha value is -2.96. The van der Waals surface area contributed by atoms with E-state index in [1.165, 1.54) is 18.5 Å². The molecule has 0 spiro atoms. The predicted molar refractivity (Wildman–Crippen MR) is 139 cm³/mol. The fourth-order valence-corrected chi connectivity index (χ4v) is 6.35. The van der Waals surface area contributed by atoms with Crippen molar-refractivity contribution in [3.63, 3.8) is 0 Å². The third-order valence-electron chi connectivity index (χ3n) is 7.09. The number of hydrogen-bond donors (Lipinski definition) is 1. The SMILES string of the molecule is C=C1C(C2(OCCOC)CCS(=O)(=O)CC2)=Cc2c(N[C@H](C)c3cccc(C(F)F)c3F)ncnc2N1C. The van der Waals surface area contributed by atoms with E-state index >= 15 is 0 Å². The van der Waals surface area contributed by atoms with Crippen LogP contribution in [0.2, 0.25) is 0 Å². The standard InChI is InChI=1S/C26H31F3N4O4S/c1-16(18-6-5-7-19(22(18)27)23(28)29)32-24-20-14-21(17(2)33(3)25(20)31-15-30-24)26(37-11-10-36-4)8-12-38(34,35)13-9-26/h5-7,14-16,23H,2,8-13H2,1,3-4H3,(H,30,31,32)/t16-/m1/s1. The summed E-state index contributed by atoms with van der Waals surface area (Å²) in [5, 5.41) is 3.14. The van der Waals surface area contributed by atoms with Gasteiger partial charge in [-0.2, -0.15) is 0 Å². The number of likely N-dealkylation sites (N-methyl/N-ethyl adjacent to an activating group) is 1. The van der Waals surface area contributed by atoms with Crippen LogP contribution < -0.4 is 10.2 Å². The molecule has 206 valence electrons. The summed E-state index contributed by atoms with van der Waals surface area (Å²) in [5.41, 5.74) is 0.338. The molecule has 1 aromatic carbocycles. The fourth-order valence-electron chi connectivity index (χ4n) is 4.87. The molecule has 12 heteroatoms. The normalized spacial score (nSPS) is 19.2. The van der Waals surface area contributed by atoms with Crippen LogP contribution in [0.15, 0.2) is 42.4 Å². The van der Waals surface area contributed by atoms with Gasteiger partial charge in [0, 0.05) is 31.0 Å². The van der Waals surface area contributed by atoms with Crippen LogP contribution in [0, 0.1) is 5.82 Å². The molecule has 1 aromatic heterocycles. The van der Waals surface area contributed by atoms with Gasteiger partial charge in [0.15, 0.2) is 9.84 Å². The molecule has 1 atom stereocenters. The van der Waals surface area contributed by atoms with Gasteiger partial charge in [0.1, 0.15) is 23.8 Å². The number of ether oxygens (including phenoxy) is 2. The van der Waals surface area contributed by atoms with E-state index < -0.39 is 39.3 Å². The number of aromatic nitrogens is 2. The van der Waals surface area contributed by atoms with Crippen molar-refractivity contribution < 1.29 is 31.1 Å². The van der Waals surface area contributed by atoms with E-state index in [2.05, 4.69) is 21.9 Å². The summed E-state index contributed by atoms with van der Waals surface area (Å²) in [5.74, 6) is -0.152. The highest BCUT2D eigenvalue weighted by atomic mass is 32.2. The number of fused-ring (bicyclic) bond motifs is 1. The number of sulfone groups is 1. The molecule has 2 aliphatic rings. The Kier molecular flexibility index (Phi) is 8.15. The average Bonchev–Trinajstić information content (AvgIpc) is 2.88. The summed E-state index contributed by atoms with van der Waals surface area (Å²) in [6.45, 7) is 6.47. The third-order valence-corrected chi connectivity index (χ3v) is 8.74. The molecular weight excluding hydrogens is 521 g/mol. The van der Waals surface area contributed by atoms with E-state index in [1.807, 2.05) is 6.08 Å². The first kappa shape index (κ1) is 28.1. The maximum atomic E-state index is 14.8. The maximum absolute atomic E-state index is 14.8. The highest BCUT2D eigenvalue weighted by molar-refractivity contribution is 7.91. The second-order valence-electron chi connectivity index (χ2n) is 9.43. The van der Waals surface area contributed by atoms with Crippen molar-refractivity contribution in [3.05, 3.63) is 64.9 Å². The number of hydrogen-bond acceptors (Lipinski definition) is 8. The number of anilines is 2. The second-order valence-corrected chi connectivity index (χ2v) is 11.7. The number of alkyl halides is 2. The number of nitrogens with one attached hydrogen (secondary N) is 1. The molecule has 0 unspecified atom stereocenters. The van der Waals surface area contributed by atoms with Gasteiger partial charge in [-0.05, 0) is 25.8 Å². The molecule has 8 nitrogen and oxygen atoms in total. The van der Waals surface area contributed by atoms with Gasteiger partial charge < -0.3 is 19.7 Å². The van der Waals surface area contributed by atoms with Gasteiger partial charge in [0.2, 0.25) is 0 Å². The number of benzene rings is 1. The molecule has 0 amide bonds. The minimum atomic E-state index is -3.19. The van der Waals surface area contributed by atoms with Crippen LogP contribution in [-0.2, 0) is 19.3 Å². The van der Waals surface area contributed by atoms with Crippen LogP contribution >= 0.6 is 0 Å². The van der Waals surface area contributed by atoms with E-state index in [-0.39, 0.29) is 36.5 Å². The van der Waals surface area contributed by atoms with Crippen molar-refractivity contribution in [2.24, 2.45) is 0 Å². The number of nitrogens with zero attached hydrogens (tertiary/aromatic N) is 3. The van der Waals surface area contributed by atoms with Crippen molar-refractivity contribution in [1.29, 1.82) is 0 Å². The Labute approximate surface area is 220 Å². The molecule has 2 aromatic rings. The highest BCUT2D eigenvalue weighted by Gasteiger charge is 2.44. The van der Waals surface area contributed by atoms with Crippen molar-refractivity contribution in [2.45, 2.75) is 37.8 Å². The molecule has 38 heavy (non-hydrogen) atoms. The summed E-state index contributed by atoms with van der Waals surface area (Å²) >= 11 is 0. The van der Waals surface area contributed by atoms with Gasteiger partial charge in [0.25, 0.3) is 6.43 Å². The molecule has 1 saturated heterocycles. The van der Waals surface area contributed by atoms with Crippen LogP contribution in [0.4, 0.5) is 24.8 Å². The molecule has 3 heterocycles. The molecule has 0 bridgehead atoms. The minimum absolute atomic E-state index is 0.0334. The van der Waals surface area contributed by atoms with Crippen LogP contribution in [0.3, 0.4) is 0 Å². The summed E-state index contributed by atoms with van der Waals surface area (Å²) in [6.07, 6.45) is 0.716. The molecule has 4 rings (SSSR count). The number of rotatable bonds is 9. The van der Waals surface area contributed by atoms with E-state index in [0.717, 1.165) is 6.07 Å². The zero-order chi connectivity index (χ0) is 27.7. The first-order chi connectivity index (χ1) is 18.0. The minimum Gasteiger partial charge on any atom is -0.382 e. The third kappa shape index (κ3) is 5.43. The fraction of sp³-hybridized carbons (Fsp3) is 0.462. The lowest BCUT2D eigenvalue weighted by molar-refractivity contribution is -0.0426. The van der Waals surface area contributed by atoms with Crippen LogP contribution in [0.25, 0.3) is 6.08 Å². The lowest BCUT2D eigenvalue weighted by Crippen LogP contribution is -2.46. The number of methoxy groups -OCH3 is 1. The molecule has 0 aliphatic carbocycles. The monoisotopic (exact) mass is 552 g/mol. The van der Waals surface area contributed by atoms with E-state index in [4.69, 9.17) is 9.47 Å². The molecule has 1 N–H and O–H groups in total. The van der Waals surface area contributed by atoms with Crippen molar-refractivity contribution >= 4 is 27.5 Å². The smallest absolute Gasteiger partial charge is 0.266 e. The number of halogens is 3. The van der Waals surface area contributed by atoms with Crippen molar-refractivity contribution in [2.75, 3.05) is 49.1 Å². The van der Waals surface area contributed by atoms with Crippen LogP contribution in [0.1, 0.15) is 48.9 Å². The molecule has 0 radical (unpaired) electrons. The maximum Gasteiger partial charge on any atom is 0.266 e. The Bertz CT molecular complexity index is 1340. The lowest BCUT2D eigenvalue weighted by Gasteiger charge is -2.43. The van der Waals surface area contributed by atoms with Gasteiger partial charge >= 0.3 is 0 Å². The molecule has 2 aliphatic heterocycles. The average molecular weight is 553 g/mol. The van der Waals surface area contributed by atoms with Gasteiger partial charge in [-0.3, -0.25) is 0 Å². The quantitative estimate of drug-likeness (QED) is 0.448. The van der Waals surface area contributed by atoms with Crippen molar-refractivity contribution in [3.8, 4) is 0 Å². The Balaban J connectivity index is 1.75. The largest absolute Gasteiger partial charge is 0.382 e. The van der Waals surface area contributed by atoms with E-state index in [0.29, 0.717) is 35.1 Å². The summed E-state index contributed by atoms with van der Waals surface area (Å²) in [7, 11) is 0.146. The second kappa shape index (κ2) is 11.0. The van der Waals surface area contributed by atoms with Gasteiger partial charge in [-0.15, -0.1) is 0 Å². The summed E-state index contributed by atoms with van der Waals surface area (Å²) in [4.78, 5) is 10.5. The molecule has 0 saturated carbocycles. The molecular formula is C26H31F3N4O4S. The van der Waals surface area contributed by atoms with Crippen LogP contribution in [0.5, 0.6) is 0 Å². The first-order valence-corrected chi connectivity index (χ1v) is 14.0. The van der Waals surface area contributed by atoms with Gasteiger partial charge in [-0.25, -0.2) is 31.6 Å². The predicted octanol–water partition coefficient (Wildman–Crippen LogP) is 4.68. The zero-order valence-corrected chi connectivity index (χ0v) is 22.3. The zero-order valence-electron chi connectivity index (χ0n) is 21.5. The summed E-state index contributed by atoms with van der Waals surface area (Å²) in [6, 6.07) is 3.20. The Morgan fingerprint density at radius 1 is 1.18 bits per heavy atom. The lowest BCUT2D eigenvalue weighted by atomic mass is 9.82. The summed E-state index contributed by atoms with van der Waals surface area (Å²) < 4.78 is 77.3. The highest BCUT2D eigenvalue weighted by Crippen LogP contribution is 2.45. The van der Waals surface area contributed by atoms with Crippen molar-refractivity contribution in [1.82, 2.24) is 9.97 Å². The van der Waals surface area contributed by atoms with Crippen LogP contribution in [-0.4, -0.2) is 62.9 Å². The molecule has 1 fully saturated rings.